The van der Waals surface area contributed by atoms with E-state index in [1.54, 1.807) is 48.2 Å². The van der Waals surface area contributed by atoms with Gasteiger partial charge in [0.25, 0.3) is 5.91 Å². The molecule has 0 saturated carbocycles. The quantitative estimate of drug-likeness (QED) is 0.495. The van der Waals surface area contributed by atoms with Crippen LogP contribution in [0.15, 0.2) is 83.8 Å². The standard InChI is InChI=1S/C22H19ClN2O2S/c1-15(16-7-3-2-4-8-16)28-18-13-11-17(12-14-18)24-22(27)25-21(26)19-9-5-6-10-20(19)23/h2-15H,1H3,(H2,24,25,26,27). The van der Waals surface area contributed by atoms with Gasteiger partial charge in [0.15, 0.2) is 0 Å². The minimum absolute atomic E-state index is 0.251. The molecule has 6 heteroatoms. The van der Waals surface area contributed by atoms with Crippen molar-refractivity contribution in [2.45, 2.75) is 17.1 Å². The van der Waals surface area contributed by atoms with E-state index in [9.17, 15) is 9.59 Å². The second kappa shape index (κ2) is 9.44. The van der Waals surface area contributed by atoms with Gasteiger partial charge in [-0.2, -0.15) is 0 Å². The summed E-state index contributed by atoms with van der Waals surface area (Å²) in [6.45, 7) is 2.15. The predicted octanol–water partition coefficient (Wildman–Crippen LogP) is 6.16. The molecule has 0 spiro atoms. The molecule has 1 atom stereocenters. The van der Waals surface area contributed by atoms with Crippen molar-refractivity contribution in [3.05, 3.63) is 95.0 Å². The van der Waals surface area contributed by atoms with Crippen molar-refractivity contribution in [3.63, 3.8) is 0 Å². The first-order valence-electron chi connectivity index (χ1n) is 8.71. The third kappa shape index (κ3) is 5.38. The third-order valence-electron chi connectivity index (χ3n) is 4.04. The normalized spacial score (nSPS) is 11.5. The largest absolute Gasteiger partial charge is 0.326 e. The Balaban J connectivity index is 1.56. The number of halogens is 1. The highest BCUT2D eigenvalue weighted by atomic mass is 35.5. The number of hydrogen-bond donors (Lipinski definition) is 2. The van der Waals surface area contributed by atoms with Crippen molar-refractivity contribution in [3.8, 4) is 0 Å². The summed E-state index contributed by atoms with van der Waals surface area (Å²) >= 11 is 7.71. The lowest BCUT2D eigenvalue weighted by Crippen LogP contribution is -2.34. The van der Waals surface area contributed by atoms with Crippen molar-refractivity contribution in [2.24, 2.45) is 0 Å². The smallest absolute Gasteiger partial charge is 0.308 e. The lowest BCUT2D eigenvalue weighted by Gasteiger charge is -2.12. The van der Waals surface area contributed by atoms with Crippen LogP contribution >= 0.6 is 23.4 Å². The number of imide groups is 1. The van der Waals surface area contributed by atoms with Crippen LogP contribution in [0.4, 0.5) is 10.5 Å². The first-order valence-corrected chi connectivity index (χ1v) is 9.97. The van der Waals surface area contributed by atoms with E-state index >= 15 is 0 Å². The van der Waals surface area contributed by atoms with Crippen LogP contribution in [0, 0.1) is 0 Å². The van der Waals surface area contributed by atoms with E-state index in [1.165, 1.54) is 5.56 Å². The molecule has 3 aromatic carbocycles. The summed E-state index contributed by atoms with van der Waals surface area (Å²) in [6.07, 6.45) is 0. The van der Waals surface area contributed by atoms with Gasteiger partial charge in [-0.15, -0.1) is 11.8 Å². The maximum Gasteiger partial charge on any atom is 0.326 e. The molecule has 0 bridgehead atoms. The topological polar surface area (TPSA) is 58.2 Å². The minimum atomic E-state index is -0.608. The molecule has 4 nitrogen and oxygen atoms in total. The molecule has 0 heterocycles. The number of hydrogen-bond acceptors (Lipinski definition) is 3. The van der Waals surface area contributed by atoms with Crippen LogP contribution in [-0.2, 0) is 0 Å². The van der Waals surface area contributed by atoms with Crippen LogP contribution in [0.25, 0.3) is 0 Å². The highest BCUT2D eigenvalue weighted by Crippen LogP contribution is 2.34. The molecule has 0 aliphatic rings. The number of thioether (sulfide) groups is 1. The van der Waals surface area contributed by atoms with Gasteiger partial charge in [0, 0.05) is 15.8 Å². The third-order valence-corrected chi connectivity index (χ3v) is 5.54. The SMILES string of the molecule is CC(Sc1ccc(NC(=O)NC(=O)c2ccccc2Cl)cc1)c1ccccc1. The number of benzene rings is 3. The van der Waals surface area contributed by atoms with Crippen molar-refractivity contribution >= 4 is 41.0 Å². The second-order valence-electron chi connectivity index (χ2n) is 6.08. The maximum atomic E-state index is 12.1. The fraction of sp³-hybridized carbons (Fsp3) is 0.0909. The van der Waals surface area contributed by atoms with Crippen molar-refractivity contribution in [1.29, 1.82) is 0 Å². The Labute approximate surface area is 173 Å². The Kier molecular flexibility index (Phi) is 6.74. The van der Waals surface area contributed by atoms with Gasteiger partial charge < -0.3 is 5.32 Å². The summed E-state index contributed by atoms with van der Waals surface area (Å²) < 4.78 is 0. The number of carbonyl (C=O) groups excluding carboxylic acids is 2. The van der Waals surface area contributed by atoms with Crippen molar-refractivity contribution < 1.29 is 9.59 Å². The molecule has 142 valence electrons. The Bertz CT molecular complexity index is 962. The van der Waals surface area contributed by atoms with Crippen LogP contribution in [-0.4, -0.2) is 11.9 Å². The van der Waals surface area contributed by atoms with Crippen molar-refractivity contribution in [1.82, 2.24) is 5.32 Å². The molecular formula is C22H19ClN2O2S. The zero-order chi connectivity index (χ0) is 19.9. The zero-order valence-electron chi connectivity index (χ0n) is 15.2. The van der Waals surface area contributed by atoms with E-state index in [-0.39, 0.29) is 5.56 Å². The molecule has 1 unspecified atom stereocenters. The fourth-order valence-electron chi connectivity index (χ4n) is 2.59. The number of nitrogens with one attached hydrogen (secondary N) is 2. The first kappa shape index (κ1) is 20.0. The zero-order valence-corrected chi connectivity index (χ0v) is 16.8. The van der Waals surface area contributed by atoms with Crippen LogP contribution in [0.5, 0.6) is 0 Å². The average molecular weight is 411 g/mol. The highest BCUT2D eigenvalue weighted by molar-refractivity contribution is 7.99. The molecule has 28 heavy (non-hydrogen) atoms. The molecule has 0 radical (unpaired) electrons. The summed E-state index contributed by atoms with van der Waals surface area (Å²) in [6, 6.07) is 23.7. The average Bonchev–Trinajstić information content (AvgIpc) is 2.70. The van der Waals surface area contributed by atoms with Crippen LogP contribution in [0.1, 0.15) is 28.1 Å². The van der Waals surface area contributed by atoms with Gasteiger partial charge in [0.1, 0.15) is 0 Å². The summed E-state index contributed by atoms with van der Waals surface area (Å²) in [7, 11) is 0. The molecule has 0 aromatic heterocycles. The number of amides is 3. The van der Waals surface area contributed by atoms with E-state index < -0.39 is 11.9 Å². The van der Waals surface area contributed by atoms with Crippen LogP contribution in [0.2, 0.25) is 5.02 Å². The molecule has 0 saturated heterocycles. The Morgan fingerprint density at radius 1 is 0.893 bits per heavy atom. The highest BCUT2D eigenvalue weighted by Gasteiger charge is 2.13. The lowest BCUT2D eigenvalue weighted by molar-refractivity contribution is 0.0967. The molecular weight excluding hydrogens is 392 g/mol. The second-order valence-corrected chi connectivity index (χ2v) is 7.90. The Morgan fingerprint density at radius 2 is 1.54 bits per heavy atom. The van der Waals surface area contributed by atoms with E-state index in [0.29, 0.717) is 16.0 Å². The van der Waals surface area contributed by atoms with E-state index in [1.807, 2.05) is 30.3 Å². The molecule has 2 N–H and O–H groups in total. The monoisotopic (exact) mass is 410 g/mol. The van der Waals surface area contributed by atoms with Gasteiger partial charge in [-0.25, -0.2) is 4.79 Å². The molecule has 0 aliphatic heterocycles. The Morgan fingerprint density at radius 3 is 2.21 bits per heavy atom. The van der Waals surface area contributed by atoms with Gasteiger partial charge in [-0.1, -0.05) is 54.1 Å². The van der Waals surface area contributed by atoms with Crippen LogP contribution in [0.3, 0.4) is 0 Å². The summed E-state index contributed by atoms with van der Waals surface area (Å²) in [4.78, 5) is 25.3. The van der Waals surface area contributed by atoms with Gasteiger partial charge in [0.05, 0.1) is 10.6 Å². The molecule has 0 fully saturated rings. The molecule has 0 aliphatic carbocycles. The van der Waals surface area contributed by atoms with Gasteiger partial charge in [0.2, 0.25) is 0 Å². The van der Waals surface area contributed by atoms with Crippen molar-refractivity contribution in [2.75, 3.05) is 5.32 Å². The summed E-state index contributed by atoms with van der Waals surface area (Å²) in [5.74, 6) is -0.549. The first-order chi connectivity index (χ1) is 13.5. The maximum absolute atomic E-state index is 12.1. The fourth-order valence-corrected chi connectivity index (χ4v) is 3.81. The number of anilines is 1. The number of rotatable bonds is 5. The molecule has 3 amide bonds. The summed E-state index contributed by atoms with van der Waals surface area (Å²) in [5.41, 5.74) is 2.11. The van der Waals surface area contributed by atoms with Gasteiger partial charge in [-0.3, -0.25) is 10.1 Å². The van der Waals surface area contributed by atoms with Crippen LogP contribution < -0.4 is 10.6 Å². The molecule has 3 aromatic rings. The lowest BCUT2D eigenvalue weighted by atomic mass is 10.2. The minimum Gasteiger partial charge on any atom is -0.308 e. The van der Waals surface area contributed by atoms with Gasteiger partial charge in [-0.05, 0) is 48.9 Å². The number of carbonyl (C=O) groups is 2. The number of urea groups is 1. The van der Waals surface area contributed by atoms with E-state index in [2.05, 4.69) is 29.7 Å². The van der Waals surface area contributed by atoms with E-state index in [0.717, 1.165) is 4.90 Å². The van der Waals surface area contributed by atoms with Gasteiger partial charge >= 0.3 is 6.03 Å². The Hall–Kier alpha value is -2.76. The van der Waals surface area contributed by atoms with E-state index in [4.69, 9.17) is 11.6 Å². The summed E-state index contributed by atoms with van der Waals surface area (Å²) in [5, 5.41) is 5.54. The molecule has 3 rings (SSSR count). The predicted molar refractivity (Wildman–Crippen MR) is 115 cm³/mol.